The summed E-state index contributed by atoms with van der Waals surface area (Å²) in [7, 11) is 0. The molecule has 0 aliphatic carbocycles. The van der Waals surface area contributed by atoms with Crippen LogP contribution in [-0.4, -0.2) is 60.2 Å². The molecule has 162 valence electrons. The summed E-state index contributed by atoms with van der Waals surface area (Å²) in [6, 6.07) is 7.86. The zero-order valence-electron chi connectivity index (χ0n) is 18.2. The van der Waals surface area contributed by atoms with Gasteiger partial charge in [-0.05, 0) is 50.7 Å². The molecule has 1 aromatic carbocycles. The Kier molecular flexibility index (Phi) is 6.11. The van der Waals surface area contributed by atoms with Gasteiger partial charge in [0.05, 0.1) is 5.92 Å². The van der Waals surface area contributed by atoms with Gasteiger partial charge in [-0.25, -0.2) is 0 Å². The molecule has 4 rings (SSSR count). The molecular weight excluding hydrogens is 378 g/mol. The largest absolute Gasteiger partial charge is 0.342 e. The third kappa shape index (κ3) is 4.37. The molecule has 3 fully saturated rings. The van der Waals surface area contributed by atoms with E-state index in [0.29, 0.717) is 25.6 Å². The fraction of sp³-hybridized carbons (Fsp3) is 0.625. The van der Waals surface area contributed by atoms with Crippen LogP contribution in [0.3, 0.4) is 0 Å². The molecule has 3 saturated heterocycles. The first-order chi connectivity index (χ1) is 14.4. The molecule has 30 heavy (non-hydrogen) atoms. The van der Waals surface area contributed by atoms with Gasteiger partial charge in [0, 0.05) is 50.7 Å². The van der Waals surface area contributed by atoms with Crippen LogP contribution in [0.15, 0.2) is 24.3 Å². The van der Waals surface area contributed by atoms with Crippen molar-refractivity contribution in [1.82, 2.24) is 9.80 Å². The fourth-order valence-corrected chi connectivity index (χ4v) is 4.94. The Hall–Kier alpha value is -2.37. The second-order valence-electron chi connectivity index (χ2n) is 9.35. The van der Waals surface area contributed by atoms with Gasteiger partial charge in [-0.2, -0.15) is 0 Å². The molecule has 0 radical (unpaired) electrons. The fourth-order valence-electron chi connectivity index (χ4n) is 4.94. The van der Waals surface area contributed by atoms with E-state index in [0.717, 1.165) is 50.0 Å². The number of carbonyl (C=O) groups is 3. The first-order valence-corrected chi connectivity index (χ1v) is 11.4. The van der Waals surface area contributed by atoms with Gasteiger partial charge in [0.15, 0.2) is 0 Å². The maximum atomic E-state index is 13.0. The number of anilines is 1. The van der Waals surface area contributed by atoms with Gasteiger partial charge in [-0.3, -0.25) is 14.4 Å². The van der Waals surface area contributed by atoms with E-state index in [4.69, 9.17) is 0 Å². The zero-order valence-corrected chi connectivity index (χ0v) is 18.2. The van der Waals surface area contributed by atoms with Crippen molar-refractivity contribution in [3.63, 3.8) is 0 Å². The Morgan fingerprint density at radius 3 is 1.97 bits per heavy atom. The summed E-state index contributed by atoms with van der Waals surface area (Å²) < 4.78 is 0. The summed E-state index contributed by atoms with van der Waals surface area (Å²) in [4.78, 5) is 44.0. The highest BCUT2D eigenvalue weighted by Crippen LogP contribution is 2.29. The van der Waals surface area contributed by atoms with Crippen molar-refractivity contribution in [3.05, 3.63) is 29.8 Å². The van der Waals surface area contributed by atoms with Crippen molar-refractivity contribution in [1.29, 1.82) is 0 Å². The highest BCUT2D eigenvalue weighted by Gasteiger charge is 2.39. The first kappa shape index (κ1) is 20.9. The number of rotatable bonds is 3. The number of carbonyl (C=O) groups excluding carboxylic acids is 3. The Labute approximate surface area is 179 Å². The number of benzene rings is 1. The minimum absolute atomic E-state index is 0.0154. The van der Waals surface area contributed by atoms with E-state index in [-0.39, 0.29) is 36.0 Å². The summed E-state index contributed by atoms with van der Waals surface area (Å²) >= 11 is 0. The summed E-state index contributed by atoms with van der Waals surface area (Å²) in [5.41, 5.74) is 2.01. The average Bonchev–Trinajstić information content (AvgIpc) is 3.15. The molecule has 1 atom stereocenters. The molecule has 3 amide bonds. The summed E-state index contributed by atoms with van der Waals surface area (Å²) in [5, 5.41) is 0. The number of aryl methyl sites for hydroxylation is 1. The maximum Gasteiger partial charge on any atom is 0.228 e. The molecule has 3 aliphatic rings. The van der Waals surface area contributed by atoms with E-state index in [1.807, 2.05) is 41.0 Å². The third-order valence-electron chi connectivity index (χ3n) is 7.07. The van der Waals surface area contributed by atoms with Gasteiger partial charge in [0.2, 0.25) is 17.7 Å². The van der Waals surface area contributed by atoms with Gasteiger partial charge < -0.3 is 14.7 Å². The molecule has 0 saturated carbocycles. The first-order valence-electron chi connectivity index (χ1n) is 11.4. The van der Waals surface area contributed by atoms with Crippen LogP contribution < -0.4 is 4.90 Å². The highest BCUT2D eigenvalue weighted by atomic mass is 16.2. The van der Waals surface area contributed by atoms with Gasteiger partial charge >= 0.3 is 0 Å². The maximum absolute atomic E-state index is 13.0. The van der Waals surface area contributed by atoms with E-state index < -0.39 is 0 Å². The Morgan fingerprint density at radius 2 is 1.37 bits per heavy atom. The summed E-state index contributed by atoms with van der Waals surface area (Å²) in [6.07, 6.45) is 3.93. The number of piperidine rings is 2. The standard InChI is InChI=1S/C24H33N3O3/c1-17-3-5-21(6-4-17)27-16-20(15-22(27)28)24(30)26-13-9-19(10-14-26)23(29)25-11-7-18(2)8-12-25/h3-6,18-20H,7-16H2,1-2H3. The Balaban J connectivity index is 1.29. The van der Waals surface area contributed by atoms with Crippen molar-refractivity contribution < 1.29 is 14.4 Å². The van der Waals surface area contributed by atoms with Gasteiger partial charge in [0.1, 0.15) is 0 Å². The SMILES string of the molecule is Cc1ccc(N2CC(C(=O)N3CCC(C(=O)N4CCC(C)CC4)CC3)CC2=O)cc1. The predicted molar refractivity (Wildman–Crippen MR) is 116 cm³/mol. The molecule has 1 aromatic rings. The number of hydrogen-bond donors (Lipinski definition) is 0. The Morgan fingerprint density at radius 1 is 0.833 bits per heavy atom. The average molecular weight is 412 g/mol. The lowest BCUT2D eigenvalue weighted by atomic mass is 9.92. The normalized spacial score (nSPS) is 23.9. The lowest BCUT2D eigenvalue weighted by molar-refractivity contribution is -0.143. The molecule has 0 aromatic heterocycles. The molecule has 3 heterocycles. The second-order valence-corrected chi connectivity index (χ2v) is 9.35. The van der Waals surface area contributed by atoms with Crippen LogP contribution in [0.5, 0.6) is 0 Å². The van der Waals surface area contributed by atoms with E-state index in [9.17, 15) is 14.4 Å². The van der Waals surface area contributed by atoms with Crippen molar-refractivity contribution in [2.75, 3.05) is 37.6 Å². The molecular formula is C24H33N3O3. The molecule has 0 N–H and O–H groups in total. The van der Waals surface area contributed by atoms with Crippen LogP contribution in [0.25, 0.3) is 0 Å². The van der Waals surface area contributed by atoms with Crippen molar-refractivity contribution >= 4 is 23.4 Å². The quantitative estimate of drug-likeness (QED) is 0.768. The van der Waals surface area contributed by atoms with E-state index in [2.05, 4.69) is 6.92 Å². The smallest absolute Gasteiger partial charge is 0.228 e. The van der Waals surface area contributed by atoms with Gasteiger partial charge in [-0.15, -0.1) is 0 Å². The molecule has 0 bridgehead atoms. The number of likely N-dealkylation sites (tertiary alicyclic amines) is 2. The van der Waals surface area contributed by atoms with E-state index in [1.54, 1.807) is 4.90 Å². The highest BCUT2D eigenvalue weighted by molar-refractivity contribution is 6.00. The van der Waals surface area contributed by atoms with E-state index >= 15 is 0 Å². The minimum atomic E-state index is -0.283. The summed E-state index contributed by atoms with van der Waals surface area (Å²) in [6.45, 7) is 7.70. The molecule has 0 spiro atoms. The van der Waals surface area contributed by atoms with Crippen LogP contribution in [0.4, 0.5) is 5.69 Å². The molecule has 3 aliphatic heterocycles. The van der Waals surface area contributed by atoms with Crippen molar-refractivity contribution in [2.24, 2.45) is 17.8 Å². The molecule has 1 unspecified atom stereocenters. The van der Waals surface area contributed by atoms with Crippen LogP contribution in [0.1, 0.15) is 44.6 Å². The molecule has 6 nitrogen and oxygen atoms in total. The summed E-state index contributed by atoms with van der Waals surface area (Å²) in [5.74, 6) is 0.821. The van der Waals surface area contributed by atoms with Crippen LogP contribution >= 0.6 is 0 Å². The second kappa shape index (κ2) is 8.78. The number of hydrogen-bond acceptors (Lipinski definition) is 3. The minimum Gasteiger partial charge on any atom is -0.342 e. The van der Waals surface area contributed by atoms with E-state index in [1.165, 1.54) is 0 Å². The number of amides is 3. The monoisotopic (exact) mass is 411 g/mol. The van der Waals surface area contributed by atoms with Gasteiger partial charge in [-0.1, -0.05) is 24.6 Å². The zero-order chi connectivity index (χ0) is 21.3. The molecule has 6 heteroatoms. The Bertz CT molecular complexity index is 790. The predicted octanol–water partition coefficient (Wildman–Crippen LogP) is 2.85. The van der Waals surface area contributed by atoms with Crippen molar-refractivity contribution in [2.45, 2.75) is 46.0 Å². The lowest BCUT2D eigenvalue weighted by Crippen LogP contribution is -2.47. The van der Waals surface area contributed by atoms with Crippen LogP contribution in [0, 0.1) is 24.7 Å². The van der Waals surface area contributed by atoms with Gasteiger partial charge in [0.25, 0.3) is 0 Å². The van der Waals surface area contributed by atoms with Crippen LogP contribution in [-0.2, 0) is 14.4 Å². The number of nitrogens with zero attached hydrogens (tertiary/aromatic N) is 3. The van der Waals surface area contributed by atoms with Crippen LogP contribution in [0.2, 0.25) is 0 Å². The van der Waals surface area contributed by atoms with Crippen molar-refractivity contribution in [3.8, 4) is 0 Å². The lowest BCUT2D eigenvalue weighted by Gasteiger charge is -2.37. The third-order valence-corrected chi connectivity index (χ3v) is 7.07. The topological polar surface area (TPSA) is 60.9 Å².